The number of hydrogen-bond donors (Lipinski definition) is 1. The highest BCUT2D eigenvalue weighted by atomic mass is 16.5. The molecule has 0 saturated carbocycles. The van der Waals surface area contributed by atoms with Crippen LogP contribution in [-0.4, -0.2) is 25.8 Å². The van der Waals surface area contributed by atoms with Crippen LogP contribution in [0.5, 0.6) is 0 Å². The maximum absolute atomic E-state index is 5.32. The van der Waals surface area contributed by atoms with E-state index in [0.29, 0.717) is 6.61 Å². The molecule has 11 heavy (non-hydrogen) atoms. The van der Waals surface area contributed by atoms with Crippen molar-refractivity contribution in [3.8, 4) is 0 Å². The van der Waals surface area contributed by atoms with Gasteiger partial charge in [-0.25, -0.2) is 0 Å². The van der Waals surface area contributed by atoms with E-state index >= 15 is 0 Å². The van der Waals surface area contributed by atoms with Gasteiger partial charge in [0.2, 0.25) is 0 Å². The Labute approximate surface area is 68.9 Å². The fourth-order valence-electron chi connectivity index (χ4n) is 0.680. The average Bonchev–Trinajstić information content (AvgIpc) is 2.01. The van der Waals surface area contributed by atoms with Crippen LogP contribution in [-0.2, 0) is 4.74 Å². The van der Waals surface area contributed by atoms with Gasteiger partial charge in [0, 0.05) is 13.1 Å². The number of nitrogens with one attached hydrogen (secondary N) is 1. The molecular formula is C9H17NO. The van der Waals surface area contributed by atoms with E-state index in [9.17, 15) is 0 Å². The summed E-state index contributed by atoms with van der Waals surface area (Å²) in [6.45, 7) is 11.5. The summed E-state index contributed by atoms with van der Waals surface area (Å²) in [6, 6.07) is 0. The molecule has 0 rings (SSSR count). The predicted octanol–water partition coefficient (Wildman–Crippen LogP) is 1.35. The van der Waals surface area contributed by atoms with E-state index < -0.39 is 0 Å². The first-order valence-corrected chi connectivity index (χ1v) is 3.85. The summed E-state index contributed by atoms with van der Waals surface area (Å²) in [5, 5.41) is 3.17. The Morgan fingerprint density at radius 1 is 1.45 bits per heavy atom. The molecule has 2 nitrogen and oxygen atoms in total. The monoisotopic (exact) mass is 155 g/mol. The van der Waals surface area contributed by atoms with E-state index in [-0.39, 0.29) is 6.10 Å². The van der Waals surface area contributed by atoms with Gasteiger partial charge in [-0.15, -0.1) is 13.2 Å². The average molecular weight is 155 g/mol. The lowest BCUT2D eigenvalue weighted by Gasteiger charge is -2.11. The minimum absolute atomic E-state index is 0.243. The minimum Gasteiger partial charge on any atom is -0.373 e. The molecule has 0 aliphatic rings. The smallest absolute Gasteiger partial charge is 0.0675 e. The van der Waals surface area contributed by atoms with Crippen molar-refractivity contribution in [1.29, 1.82) is 0 Å². The fraction of sp³-hybridized carbons (Fsp3) is 0.556. The molecular weight excluding hydrogens is 138 g/mol. The van der Waals surface area contributed by atoms with Crippen molar-refractivity contribution in [2.45, 2.75) is 13.0 Å². The van der Waals surface area contributed by atoms with Crippen LogP contribution in [0.2, 0.25) is 0 Å². The molecule has 0 aliphatic heterocycles. The first-order chi connectivity index (χ1) is 5.31. The van der Waals surface area contributed by atoms with Crippen molar-refractivity contribution in [2.24, 2.45) is 0 Å². The lowest BCUT2D eigenvalue weighted by molar-refractivity contribution is 0.0888. The lowest BCUT2D eigenvalue weighted by atomic mass is 10.4. The Morgan fingerprint density at radius 3 is 2.73 bits per heavy atom. The third-order valence-electron chi connectivity index (χ3n) is 1.22. The van der Waals surface area contributed by atoms with Gasteiger partial charge in [-0.2, -0.15) is 0 Å². The van der Waals surface area contributed by atoms with Gasteiger partial charge in [-0.05, 0) is 6.92 Å². The second-order valence-corrected chi connectivity index (χ2v) is 2.38. The number of hydrogen-bond acceptors (Lipinski definition) is 2. The minimum atomic E-state index is 0.243. The molecule has 1 atom stereocenters. The fourth-order valence-corrected chi connectivity index (χ4v) is 0.680. The highest BCUT2D eigenvalue weighted by Crippen LogP contribution is 1.87. The molecule has 0 spiro atoms. The van der Waals surface area contributed by atoms with E-state index in [4.69, 9.17) is 4.74 Å². The van der Waals surface area contributed by atoms with Crippen LogP contribution in [0.1, 0.15) is 6.92 Å². The van der Waals surface area contributed by atoms with Crippen molar-refractivity contribution >= 4 is 0 Å². The Morgan fingerprint density at radius 2 is 2.18 bits per heavy atom. The Hall–Kier alpha value is -0.600. The van der Waals surface area contributed by atoms with Crippen LogP contribution in [0, 0.1) is 0 Å². The third-order valence-corrected chi connectivity index (χ3v) is 1.22. The largest absolute Gasteiger partial charge is 0.373 e. The van der Waals surface area contributed by atoms with E-state index in [2.05, 4.69) is 18.5 Å². The molecule has 0 aromatic rings. The summed E-state index contributed by atoms with van der Waals surface area (Å²) in [5.41, 5.74) is 0. The molecule has 0 aliphatic carbocycles. The lowest BCUT2D eigenvalue weighted by Crippen LogP contribution is -2.26. The van der Waals surface area contributed by atoms with Gasteiger partial charge in [0.1, 0.15) is 0 Å². The normalized spacial score (nSPS) is 12.5. The molecule has 0 aromatic carbocycles. The molecule has 0 fully saturated rings. The molecule has 0 amide bonds. The molecule has 0 heterocycles. The molecule has 1 N–H and O–H groups in total. The van der Waals surface area contributed by atoms with Gasteiger partial charge in [0.25, 0.3) is 0 Å². The zero-order chi connectivity index (χ0) is 8.53. The first kappa shape index (κ1) is 10.4. The first-order valence-electron chi connectivity index (χ1n) is 3.85. The van der Waals surface area contributed by atoms with Crippen LogP contribution in [0.4, 0.5) is 0 Å². The zero-order valence-corrected chi connectivity index (χ0v) is 7.18. The number of rotatable bonds is 7. The SMILES string of the molecule is C=CCNCC(C)OCC=C. The van der Waals surface area contributed by atoms with Crippen molar-refractivity contribution in [2.75, 3.05) is 19.7 Å². The van der Waals surface area contributed by atoms with Crippen LogP contribution in [0.25, 0.3) is 0 Å². The van der Waals surface area contributed by atoms with E-state index in [0.717, 1.165) is 13.1 Å². The highest BCUT2D eigenvalue weighted by Gasteiger charge is 1.97. The van der Waals surface area contributed by atoms with Gasteiger partial charge in [0.15, 0.2) is 0 Å². The quantitative estimate of drug-likeness (QED) is 0.442. The maximum Gasteiger partial charge on any atom is 0.0675 e. The van der Waals surface area contributed by atoms with Crippen LogP contribution in [0.15, 0.2) is 25.3 Å². The Balaban J connectivity index is 3.14. The Bertz CT molecular complexity index is 112. The van der Waals surface area contributed by atoms with E-state index in [1.807, 2.05) is 13.0 Å². The molecule has 2 heteroatoms. The molecule has 1 unspecified atom stereocenters. The van der Waals surface area contributed by atoms with Gasteiger partial charge in [-0.3, -0.25) is 0 Å². The molecule has 0 saturated heterocycles. The van der Waals surface area contributed by atoms with Gasteiger partial charge < -0.3 is 10.1 Å². The molecule has 0 bridgehead atoms. The van der Waals surface area contributed by atoms with Crippen LogP contribution >= 0.6 is 0 Å². The van der Waals surface area contributed by atoms with Crippen LogP contribution < -0.4 is 5.32 Å². The summed E-state index contributed by atoms with van der Waals surface area (Å²) >= 11 is 0. The van der Waals surface area contributed by atoms with Crippen molar-refractivity contribution in [3.05, 3.63) is 25.3 Å². The van der Waals surface area contributed by atoms with Crippen molar-refractivity contribution in [1.82, 2.24) is 5.32 Å². The second kappa shape index (κ2) is 7.51. The van der Waals surface area contributed by atoms with Gasteiger partial charge in [-0.1, -0.05) is 12.2 Å². The summed E-state index contributed by atoms with van der Waals surface area (Å²) < 4.78 is 5.32. The molecule has 64 valence electrons. The second-order valence-electron chi connectivity index (χ2n) is 2.38. The van der Waals surface area contributed by atoms with E-state index in [1.54, 1.807) is 6.08 Å². The molecule has 0 radical (unpaired) electrons. The molecule has 0 aromatic heterocycles. The topological polar surface area (TPSA) is 21.3 Å². The third kappa shape index (κ3) is 7.30. The number of ether oxygens (including phenoxy) is 1. The van der Waals surface area contributed by atoms with Gasteiger partial charge >= 0.3 is 0 Å². The summed E-state index contributed by atoms with van der Waals surface area (Å²) in [5.74, 6) is 0. The summed E-state index contributed by atoms with van der Waals surface area (Å²) in [7, 11) is 0. The predicted molar refractivity (Wildman–Crippen MR) is 48.7 cm³/mol. The van der Waals surface area contributed by atoms with E-state index in [1.165, 1.54) is 0 Å². The standard InChI is InChI=1S/C9H17NO/c1-4-6-10-8-9(3)11-7-5-2/h4-5,9-10H,1-2,6-8H2,3H3. The van der Waals surface area contributed by atoms with Crippen molar-refractivity contribution in [3.63, 3.8) is 0 Å². The summed E-state index contributed by atoms with van der Waals surface area (Å²) in [4.78, 5) is 0. The van der Waals surface area contributed by atoms with Crippen molar-refractivity contribution < 1.29 is 4.74 Å². The van der Waals surface area contributed by atoms with Crippen LogP contribution in [0.3, 0.4) is 0 Å². The Kier molecular flexibility index (Phi) is 7.10. The zero-order valence-electron chi connectivity index (χ0n) is 7.18. The maximum atomic E-state index is 5.32. The summed E-state index contributed by atoms with van der Waals surface area (Å²) in [6.07, 6.45) is 3.83. The van der Waals surface area contributed by atoms with Gasteiger partial charge in [0.05, 0.1) is 12.7 Å². The highest BCUT2D eigenvalue weighted by molar-refractivity contribution is 4.71.